The van der Waals surface area contributed by atoms with Gasteiger partial charge < -0.3 is 10.1 Å². The number of methoxy groups -OCH3 is 1. The van der Waals surface area contributed by atoms with Gasteiger partial charge in [-0.25, -0.2) is 0 Å². The average Bonchev–Trinajstić information content (AvgIpc) is 2.59. The van der Waals surface area contributed by atoms with Crippen LogP contribution in [0.1, 0.15) is 0 Å². The molecule has 0 fully saturated rings. The molecule has 0 radical (unpaired) electrons. The number of rotatable bonds is 4. The molecule has 3 aromatic rings. The van der Waals surface area contributed by atoms with Gasteiger partial charge in [0.15, 0.2) is 0 Å². The van der Waals surface area contributed by atoms with Crippen molar-refractivity contribution in [3.8, 4) is 16.9 Å². The lowest BCUT2D eigenvalue weighted by molar-refractivity contribution is 0.415. The predicted octanol–water partition coefficient (Wildman–Crippen LogP) is 6.41. The molecule has 2 nitrogen and oxygen atoms in total. The molecule has 0 aliphatic heterocycles. The summed E-state index contributed by atoms with van der Waals surface area (Å²) in [5.74, 6) is 0.630. The van der Waals surface area contributed by atoms with Crippen LogP contribution >= 0.6 is 23.2 Å². The lowest BCUT2D eigenvalue weighted by Gasteiger charge is -2.12. The molecule has 0 amide bonds. The van der Waals surface area contributed by atoms with Gasteiger partial charge in [-0.1, -0.05) is 65.7 Å². The zero-order valence-corrected chi connectivity index (χ0v) is 14.0. The van der Waals surface area contributed by atoms with Crippen LogP contribution in [0.3, 0.4) is 0 Å². The quantitative estimate of drug-likeness (QED) is 0.590. The van der Waals surface area contributed by atoms with Crippen molar-refractivity contribution in [3.63, 3.8) is 0 Å². The van der Waals surface area contributed by atoms with E-state index in [1.165, 1.54) is 5.56 Å². The molecule has 0 unspecified atom stereocenters. The van der Waals surface area contributed by atoms with Crippen LogP contribution in [0.4, 0.5) is 11.4 Å². The van der Waals surface area contributed by atoms with E-state index in [0.29, 0.717) is 21.5 Å². The smallest absolute Gasteiger partial charge is 0.121 e. The number of nitrogens with one attached hydrogen (secondary N) is 1. The maximum absolute atomic E-state index is 6.26. The topological polar surface area (TPSA) is 21.3 Å². The summed E-state index contributed by atoms with van der Waals surface area (Å²) in [7, 11) is 1.58. The first-order valence-corrected chi connectivity index (χ1v) is 7.88. The number of ether oxygens (including phenoxy) is 1. The van der Waals surface area contributed by atoms with Crippen molar-refractivity contribution in [2.75, 3.05) is 12.4 Å². The zero-order valence-electron chi connectivity index (χ0n) is 12.5. The van der Waals surface area contributed by atoms with E-state index >= 15 is 0 Å². The highest BCUT2D eigenvalue weighted by Crippen LogP contribution is 2.36. The molecule has 0 heterocycles. The second-order valence-corrected chi connectivity index (χ2v) is 5.85. The van der Waals surface area contributed by atoms with Crippen LogP contribution in [-0.4, -0.2) is 7.11 Å². The third kappa shape index (κ3) is 3.61. The molecule has 3 rings (SSSR count). The summed E-state index contributed by atoms with van der Waals surface area (Å²) in [4.78, 5) is 0. The van der Waals surface area contributed by atoms with E-state index in [4.69, 9.17) is 27.9 Å². The SMILES string of the molecule is COc1cc(Cl)c(Nc2ccc(-c3ccccc3)cc2)c(Cl)c1. The van der Waals surface area contributed by atoms with E-state index in [0.717, 1.165) is 11.3 Å². The van der Waals surface area contributed by atoms with E-state index in [2.05, 4.69) is 29.6 Å². The summed E-state index contributed by atoms with van der Waals surface area (Å²) in [6, 6.07) is 21.8. The monoisotopic (exact) mass is 343 g/mol. The minimum absolute atomic E-state index is 0.515. The minimum Gasteiger partial charge on any atom is -0.497 e. The molecule has 1 N–H and O–H groups in total. The van der Waals surface area contributed by atoms with Crippen molar-refractivity contribution in [2.45, 2.75) is 0 Å². The van der Waals surface area contributed by atoms with E-state index in [1.807, 2.05) is 30.3 Å². The van der Waals surface area contributed by atoms with Crippen LogP contribution in [0.15, 0.2) is 66.7 Å². The Kier molecular flexibility index (Phi) is 4.75. The predicted molar refractivity (Wildman–Crippen MR) is 98.2 cm³/mol. The van der Waals surface area contributed by atoms with Gasteiger partial charge in [0, 0.05) is 17.8 Å². The van der Waals surface area contributed by atoms with Gasteiger partial charge in [0.2, 0.25) is 0 Å². The Morgan fingerprint density at radius 3 is 1.91 bits per heavy atom. The van der Waals surface area contributed by atoms with Crippen LogP contribution < -0.4 is 10.1 Å². The molecule has 23 heavy (non-hydrogen) atoms. The highest BCUT2D eigenvalue weighted by molar-refractivity contribution is 6.39. The fourth-order valence-electron chi connectivity index (χ4n) is 2.31. The minimum atomic E-state index is 0.515. The second kappa shape index (κ2) is 6.95. The van der Waals surface area contributed by atoms with Crippen molar-refractivity contribution in [1.82, 2.24) is 0 Å². The van der Waals surface area contributed by atoms with Crippen molar-refractivity contribution in [2.24, 2.45) is 0 Å². The molecule has 0 aliphatic carbocycles. The summed E-state index contributed by atoms with van der Waals surface area (Å²) in [6.45, 7) is 0. The fourth-order valence-corrected chi connectivity index (χ4v) is 2.87. The number of hydrogen-bond donors (Lipinski definition) is 1. The Hall–Kier alpha value is -2.16. The molecule has 3 aromatic carbocycles. The van der Waals surface area contributed by atoms with Gasteiger partial charge in [-0.15, -0.1) is 0 Å². The van der Waals surface area contributed by atoms with E-state index in [1.54, 1.807) is 19.2 Å². The summed E-state index contributed by atoms with van der Waals surface area (Å²) in [6.07, 6.45) is 0. The van der Waals surface area contributed by atoms with Crippen molar-refractivity contribution in [1.29, 1.82) is 0 Å². The molecule has 0 atom stereocenters. The first-order chi connectivity index (χ1) is 11.2. The van der Waals surface area contributed by atoms with Crippen molar-refractivity contribution in [3.05, 3.63) is 76.8 Å². The molecule has 0 aliphatic rings. The van der Waals surface area contributed by atoms with Gasteiger partial charge in [0.1, 0.15) is 5.75 Å². The van der Waals surface area contributed by atoms with Crippen LogP contribution in [0.2, 0.25) is 10.0 Å². The third-order valence-corrected chi connectivity index (χ3v) is 4.11. The Morgan fingerprint density at radius 2 is 1.35 bits per heavy atom. The first-order valence-electron chi connectivity index (χ1n) is 7.13. The lowest BCUT2D eigenvalue weighted by atomic mass is 10.1. The van der Waals surface area contributed by atoms with Crippen LogP contribution in [0.5, 0.6) is 5.75 Å². The van der Waals surface area contributed by atoms with Crippen LogP contribution in [-0.2, 0) is 0 Å². The van der Waals surface area contributed by atoms with Gasteiger partial charge in [0.05, 0.1) is 22.8 Å². The summed E-state index contributed by atoms with van der Waals surface area (Å²) in [5, 5.41) is 4.28. The maximum Gasteiger partial charge on any atom is 0.121 e. The number of anilines is 2. The van der Waals surface area contributed by atoms with Gasteiger partial charge in [-0.3, -0.25) is 0 Å². The lowest BCUT2D eigenvalue weighted by Crippen LogP contribution is -1.94. The van der Waals surface area contributed by atoms with E-state index in [9.17, 15) is 0 Å². The van der Waals surface area contributed by atoms with E-state index < -0.39 is 0 Å². The van der Waals surface area contributed by atoms with Crippen molar-refractivity contribution >= 4 is 34.6 Å². The third-order valence-electron chi connectivity index (χ3n) is 3.51. The van der Waals surface area contributed by atoms with Gasteiger partial charge >= 0.3 is 0 Å². The van der Waals surface area contributed by atoms with Crippen molar-refractivity contribution < 1.29 is 4.74 Å². The Morgan fingerprint density at radius 1 is 0.783 bits per heavy atom. The van der Waals surface area contributed by atoms with Crippen LogP contribution in [0, 0.1) is 0 Å². The Labute approximate surface area is 145 Å². The Bertz CT molecular complexity index is 778. The summed E-state index contributed by atoms with van der Waals surface area (Å²) in [5.41, 5.74) is 3.92. The highest BCUT2D eigenvalue weighted by atomic mass is 35.5. The number of halogens is 2. The van der Waals surface area contributed by atoms with Gasteiger partial charge in [-0.2, -0.15) is 0 Å². The average molecular weight is 344 g/mol. The molecule has 0 bridgehead atoms. The summed E-state index contributed by atoms with van der Waals surface area (Å²) >= 11 is 12.5. The van der Waals surface area contributed by atoms with Gasteiger partial charge in [0.25, 0.3) is 0 Å². The molecule has 0 saturated heterocycles. The number of hydrogen-bond acceptors (Lipinski definition) is 2. The molecule has 0 aromatic heterocycles. The van der Waals surface area contributed by atoms with E-state index in [-0.39, 0.29) is 0 Å². The molecular weight excluding hydrogens is 329 g/mol. The normalized spacial score (nSPS) is 10.4. The highest BCUT2D eigenvalue weighted by Gasteiger charge is 2.09. The fraction of sp³-hybridized carbons (Fsp3) is 0.0526. The molecule has 116 valence electrons. The van der Waals surface area contributed by atoms with Gasteiger partial charge in [-0.05, 0) is 23.3 Å². The first kappa shape index (κ1) is 15.7. The molecule has 0 spiro atoms. The molecule has 4 heteroatoms. The standard InChI is InChI=1S/C19H15Cl2NO/c1-23-16-11-17(20)19(18(21)12-16)22-15-9-7-14(8-10-15)13-5-3-2-4-6-13/h2-12,22H,1H3. The zero-order chi connectivity index (χ0) is 16.2. The Balaban J connectivity index is 1.84. The maximum atomic E-state index is 6.26. The summed E-state index contributed by atoms with van der Waals surface area (Å²) < 4.78 is 5.15. The molecular formula is C19H15Cl2NO. The molecule has 0 saturated carbocycles. The number of benzene rings is 3. The largest absolute Gasteiger partial charge is 0.497 e. The van der Waals surface area contributed by atoms with Crippen LogP contribution in [0.25, 0.3) is 11.1 Å². The second-order valence-electron chi connectivity index (χ2n) is 5.03.